The Hall–Kier alpha value is -2.27. The number of likely N-dealkylation sites (N-methyl/N-ethyl adjacent to an activating group) is 1. The molecule has 4 rings (SSSR count). The number of rotatable bonds is 12. The van der Waals surface area contributed by atoms with E-state index in [2.05, 4.69) is 0 Å². The number of aldehydes is 1. The number of hydrogen-bond acceptors (Lipinski definition) is 18. The third-order valence-electron chi connectivity index (χ3n) is 13.2. The van der Waals surface area contributed by atoms with Crippen LogP contribution in [0.3, 0.4) is 0 Å². The van der Waals surface area contributed by atoms with Gasteiger partial charge in [0.15, 0.2) is 24.7 Å². The number of aliphatic hydroxyl groups is 6. The minimum Gasteiger partial charge on any atom is -0.462 e. The van der Waals surface area contributed by atoms with E-state index < -0.39 is 140 Å². The van der Waals surface area contributed by atoms with E-state index in [-0.39, 0.29) is 31.7 Å². The van der Waals surface area contributed by atoms with E-state index in [9.17, 15) is 45.0 Å². The summed E-state index contributed by atoms with van der Waals surface area (Å²) in [6.07, 6.45) is -10.0. The standard InChI is InChI=1S/C45H75NO17/c1-12-32-29(21-57-44-41(56-11)38(53)36(51)25(5)59-44)17-22(2)13-14-30(48)23(3)18-28(15-16-47)39(24(4)31(49)19-33(50)61-32)63-43-37(52)35(46(9)10)40(26(6)60-43)62-34-20-45(8,55)42(54)27(7)58-34/h13-14,16-17,23-29,31-32,34-44,49,51-55H,12,15,18-21H2,1-11H3/b14-13+,22-17+/t23-,24-,25?,26?,27?,28?,29+,31+,32+,34?,35?,36?,37?,38?,39+,40?,41?,42?,43?,44?,45?/m0/s1. The van der Waals surface area contributed by atoms with Crippen LogP contribution in [0.15, 0.2) is 23.8 Å². The van der Waals surface area contributed by atoms with Crippen LogP contribution in [0.5, 0.6) is 0 Å². The van der Waals surface area contributed by atoms with Gasteiger partial charge in [-0.3, -0.25) is 9.59 Å². The Balaban J connectivity index is 1.62. The molecule has 0 saturated carbocycles. The lowest BCUT2D eigenvalue weighted by atomic mass is 9.79. The fraction of sp³-hybridized carbons (Fsp3) is 0.844. The predicted octanol–water partition coefficient (Wildman–Crippen LogP) is 1.18. The molecule has 0 radical (unpaired) electrons. The zero-order valence-corrected chi connectivity index (χ0v) is 38.7. The fourth-order valence-corrected chi connectivity index (χ4v) is 9.26. The van der Waals surface area contributed by atoms with Crippen molar-refractivity contribution in [2.75, 3.05) is 27.8 Å². The zero-order chi connectivity index (χ0) is 47.1. The van der Waals surface area contributed by atoms with Crippen LogP contribution in [-0.2, 0) is 52.3 Å². The summed E-state index contributed by atoms with van der Waals surface area (Å²) in [5.41, 5.74) is -0.837. The SMILES string of the molecule is CC[C@H]1OC(=O)C[C@@H](O)[C@H](C)[C@@H](OC2OC(C)C(OC3CC(C)(O)C(O)C(C)O3)C(N(C)C)C2O)C(CC=O)C[C@H](C)C(=O)/C=C/C(C)=C/[C@@H]1COC1OC(C)C(O)C(O)C1OC. The van der Waals surface area contributed by atoms with Crippen molar-refractivity contribution in [1.82, 2.24) is 4.90 Å². The second-order valence-electron chi connectivity index (χ2n) is 18.5. The van der Waals surface area contributed by atoms with Crippen LogP contribution in [0.4, 0.5) is 0 Å². The number of cyclic esters (lactones) is 1. The first-order valence-corrected chi connectivity index (χ1v) is 22.3. The Morgan fingerprint density at radius 3 is 2.14 bits per heavy atom. The smallest absolute Gasteiger partial charge is 0.308 e. The van der Waals surface area contributed by atoms with E-state index in [0.717, 1.165) is 0 Å². The second kappa shape index (κ2) is 23.5. The number of ether oxygens (including phenoxy) is 8. The van der Waals surface area contributed by atoms with Crippen molar-refractivity contribution < 1.29 is 82.9 Å². The highest BCUT2D eigenvalue weighted by Gasteiger charge is 2.51. The minimum absolute atomic E-state index is 0.0407. The first-order valence-electron chi connectivity index (χ1n) is 22.3. The summed E-state index contributed by atoms with van der Waals surface area (Å²) in [7, 11) is 4.86. The number of ketones is 1. The van der Waals surface area contributed by atoms with Crippen LogP contribution in [-0.4, -0.2) is 185 Å². The van der Waals surface area contributed by atoms with Gasteiger partial charge in [-0.2, -0.15) is 0 Å². The molecule has 18 heteroatoms. The highest BCUT2D eigenvalue weighted by molar-refractivity contribution is 5.91. The highest BCUT2D eigenvalue weighted by atomic mass is 16.7. The number of methoxy groups -OCH3 is 1. The average molecular weight is 902 g/mol. The van der Waals surface area contributed by atoms with Gasteiger partial charge in [-0.15, -0.1) is 0 Å². The van der Waals surface area contributed by atoms with Gasteiger partial charge in [-0.1, -0.05) is 38.5 Å². The molecule has 63 heavy (non-hydrogen) atoms. The summed E-state index contributed by atoms with van der Waals surface area (Å²) in [5, 5.41) is 66.0. The lowest BCUT2D eigenvalue weighted by Gasteiger charge is -2.50. The van der Waals surface area contributed by atoms with E-state index in [4.69, 9.17) is 37.9 Å². The zero-order valence-electron chi connectivity index (χ0n) is 38.7. The number of carbonyl (C=O) groups excluding carboxylic acids is 3. The Morgan fingerprint density at radius 2 is 1.54 bits per heavy atom. The quantitative estimate of drug-likeness (QED) is 0.119. The molecular weight excluding hydrogens is 826 g/mol. The van der Waals surface area contributed by atoms with E-state index in [0.29, 0.717) is 18.3 Å². The first kappa shape index (κ1) is 53.3. The maximum Gasteiger partial charge on any atom is 0.308 e. The monoisotopic (exact) mass is 902 g/mol. The number of hydrogen-bond donors (Lipinski definition) is 6. The van der Waals surface area contributed by atoms with E-state index in [1.165, 1.54) is 20.1 Å². The Kier molecular flexibility index (Phi) is 19.9. The van der Waals surface area contributed by atoms with Gasteiger partial charge in [-0.05, 0) is 73.5 Å². The molecule has 6 N–H and O–H groups in total. The molecule has 3 fully saturated rings. The lowest BCUT2D eigenvalue weighted by molar-refractivity contribution is -0.341. The summed E-state index contributed by atoms with van der Waals surface area (Å²) < 4.78 is 48.5. The molecular formula is C45H75NO17. The lowest BCUT2D eigenvalue weighted by Crippen LogP contribution is -2.65. The van der Waals surface area contributed by atoms with E-state index in [1.54, 1.807) is 66.6 Å². The van der Waals surface area contributed by atoms with Gasteiger partial charge in [0, 0.05) is 37.7 Å². The molecule has 0 amide bonds. The Morgan fingerprint density at radius 1 is 0.873 bits per heavy atom. The molecule has 21 atom stereocenters. The van der Waals surface area contributed by atoms with Gasteiger partial charge in [0.1, 0.15) is 49.0 Å². The summed E-state index contributed by atoms with van der Waals surface area (Å²) in [6.45, 7) is 13.4. The molecule has 4 heterocycles. The van der Waals surface area contributed by atoms with Gasteiger partial charge < -0.3 is 78.2 Å². The van der Waals surface area contributed by atoms with Crippen LogP contribution < -0.4 is 0 Å². The molecule has 4 aliphatic rings. The van der Waals surface area contributed by atoms with E-state index in [1.807, 2.05) is 13.0 Å². The van der Waals surface area contributed by atoms with Crippen molar-refractivity contribution in [2.24, 2.45) is 23.7 Å². The van der Waals surface area contributed by atoms with Gasteiger partial charge >= 0.3 is 5.97 Å². The summed E-state index contributed by atoms with van der Waals surface area (Å²) in [5.74, 6) is -3.70. The molecule has 0 bridgehead atoms. The van der Waals surface area contributed by atoms with Crippen LogP contribution in [0, 0.1) is 23.7 Å². The Bertz CT molecular complexity index is 1540. The van der Waals surface area contributed by atoms with E-state index >= 15 is 0 Å². The molecule has 15 unspecified atom stereocenters. The van der Waals surface area contributed by atoms with Gasteiger partial charge in [0.25, 0.3) is 0 Å². The summed E-state index contributed by atoms with van der Waals surface area (Å²) in [4.78, 5) is 41.4. The normalized spacial score (nSPS) is 46.5. The van der Waals surface area contributed by atoms with Crippen LogP contribution in [0.2, 0.25) is 0 Å². The molecule has 0 aliphatic carbocycles. The van der Waals surface area contributed by atoms with Crippen LogP contribution >= 0.6 is 0 Å². The molecule has 4 aliphatic heterocycles. The van der Waals surface area contributed by atoms with Crippen molar-refractivity contribution in [3.63, 3.8) is 0 Å². The first-order chi connectivity index (χ1) is 29.5. The van der Waals surface area contributed by atoms with Gasteiger partial charge in [-0.25, -0.2) is 0 Å². The minimum atomic E-state index is -1.49. The third-order valence-corrected chi connectivity index (χ3v) is 13.2. The molecule has 0 aromatic carbocycles. The number of nitrogens with zero attached hydrogens (tertiary/aromatic N) is 1. The van der Waals surface area contributed by atoms with Crippen molar-refractivity contribution in [1.29, 1.82) is 0 Å². The summed E-state index contributed by atoms with van der Waals surface area (Å²) >= 11 is 0. The van der Waals surface area contributed by atoms with Crippen LogP contribution in [0.1, 0.15) is 87.5 Å². The van der Waals surface area contributed by atoms with Crippen molar-refractivity contribution in [2.45, 2.75) is 191 Å². The van der Waals surface area contributed by atoms with Crippen molar-refractivity contribution in [3.8, 4) is 0 Å². The van der Waals surface area contributed by atoms with Crippen LogP contribution in [0.25, 0.3) is 0 Å². The molecule has 0 aromatic heterocycles. The fourth-order valence-electron chi connectivity index (χ4n) is 9.26. The molecule has 0 spiro atoms. The summed E-state index contributed by atoms with van der Waals surface area (Å²) in [6, 6.07) is -0.754. The van der Waals surface area contributed by atoms with Gasteiger partial charge in [0.2, 0.25) is 0 Å². The average Bonchev–Trinajstić information content (AvgIpc) is 3.21. The number of aliphatic hydroxyl groups excluding tert-OH is 5. The third kappa shape index (κ3) is 13.4. The highest BCUT2D eigenvalue weighted by Crippen LogP contribution is 2.37. The number of esters is 1. The molecule has 0 aromatic rings. The topological polar surface area (TPSA) is 250 Å². The second-order valence-corrected chi connectivity index (χ2v) is 18.5. The number of carbonyl (C=O) groups is 3. The molecule has 362 valence electrons. The van der Waals surface area contributed by atoms with Gasteiger partial charge in [0.05, 0.1) is 55.2 Å². The maximum atomic E-state index is 13.7. The number of allylic oxidation sites excluding steroid dienone is 3. The van der Waals surface area contributed by atoms with Crippen molar-refractivity contribution >= 4 is 18.0 Å². The Labute approximate surface area is 371 Å². The largest absolute Gasteiger partial charge is 0.462 e. The molecule has 3 saturated heterocycles. The maximum absolute atomic E-state index is 13.7. The predicted molar refractivity (Wildman–Crippen MR) is 226 cm³/mol. The van der Waals surface area contributed by atoms with Crippen molar-refractivity contribution in [3.05, 3.63) is 23.8 Å². The molecule has 18 nitrogen and oxygen atoms in total.